The Morgan fingerprint density at radius 3 is 2.46 bits per heavy atom. The molecule has 0 saturated heterocycles. The molecule has 2 N–H and O–H groups in total. The Morgan fingerprint density at radius 2 is 1.77 bits per heavy atom. The summed E-state index contributed by atoms with van der Waals surface area (Å²) in [6.45, 7) is 1.02. The molecule has 1 aromatic heterocycles. The van der Waals surface area contributed by atoms with Crippen LogP contribution in [0.2, 0.25) is 0 Å². The first-order chi connectivity index (χ1) is 12.6. The van der Waals surface area contributed by atoms with Crippen molar-refractivity contribution in [3.8, 4) is 0 Å². The van der Waals surface area contributed by atoms with Crippen molar-refractivity contribution in [3.05, 3.63) is 83.4 Å². The average molecular weight is 350 g/mol. The number of hydrogen-bond acceptors (Lipinski definition) is 4. The topological polar surface area (TPSA) is 97.1 Å². The SMILES string of the molecule is O=C(Cc1ccccc1C(=O)O)NCc1ccc(Cn2cncn2)cc1. The van der Waals surface area contributed by atoms with E-state index in [1.54, 1.807) is 29.2 Å². The molecule has 0 aliphatic rings. The summed E-state index contributed by atoms with van der Waals surface area (Å²) in [5.41, 5.74) is 2.70. The van der Waals surface area contributed by atoms with Crippen molar-refractivity contribution in [2.45, 2.75) is 19.5 Å². The molecule has 0 fully saturated rings. The van der Waals surface area contributed by atoms with Crippen LogP contribution in [0.25, 0.3) is 0 Å². The minimum Gasteiger partial charge on any atom is -0.478 e. The fourth-order valence-electron chi connectivity index (χ4n) is 2.58. The Kier molecular flexibility index (Phi) is 5.38. The molecule has 26 heavy (non-hydrogen) atoms. The van der Waals surface area contributed by atoms with E-state index in [1.807, 2.05) is 24.3 Å². The molecule has 0 radical (unpaired) electrons. The monoisotopic (exact) mass is 350 g/mol. The lowest BCUT2D eigenvalue weighted by molar-refractivity contribution is -0.120. The van der Waals surface area contributed by atoms with Crippen molar-refractivity contribution in [1.82, 2.24) is 20.1 Å². The van der Waals surface area contributed by atoms with Gasteiger partial charge in [0.25, 0.3) is 0 Å². The maximum absolute atomic E-state index is 12.1. The first-order valence-electron chi connectivity index (χ1n) is 8.10. The zero-order valence-electron chi connectivity index (χ0n) is 14.0. The van der Waals surface area contributed by atoms with Crippen molar-refractivity contribution >= 4 is 11.9 Å². The summed E-state index contributed by atoms with van der Waals surface area (Å²) in [5, 5.41) is 16.0. The molecule has 0 aliphatic carbocycles. The third-order valence-electron chi connectivity index (χ3n) is 3.92. The quantitative estimate of drug-likeness (QED) is 0.678. The van der Waals surface area contributed by atoms with Gasteiger partial charge in [-0.2, -0.15) is 5.10 Å². The lowest BCUT2D eigenvalue weighted by Crippen LogP contribution is -2.25. The molecule has 3 aromatic rings. The first kappa shape index (κ1) is 17.3. The number of carboxylic acids is 1. The molecule has 2 aromatic carbocycles. The highest BCUT2D eigenvalue weighted by Crippen LogP contribution is 2.10. The molecule has 1 amide bonds. The number of benzene rings is 2. The summed E-state index contributed by atoms with van der Waals surface area (Å²) in [7, 11) is 0. The minimum absolute atomic E-state index is 0.0346. The van der Waals surface area contributed by atoms with E-state index in [4.69, 9.17) is 5.11 Å². The van der Waals surface area contributed by atoms with Crippen LogP contribution in [-0.4, -0.2) is 31.7 Å². The van der Waals surface area contributed by atoms with Crippen LogP contribution in [0, 0.1) is 0 Å². The number of amides is 1. The summed E-state index contributed by atoms with van der Waals surface area (Å²) in [4.78, 5) is 27.2. The number of nitrogens with zero attached hydrogens (tertiary/aromatic N) is 3. The standard InChI is InChI=1S/C19H18N4O3/c24-18(9-16-3-1-2-4-17(16)19(25)26)21-10-14-5-7-15(8-6-14)11-23-13-20-12-22-23/h1-8,12-13H,9-11H2,(H,21,24)(H,25,26). The number of nitrogens with one attached hydrogen (secondary N) is 1. The first-order valence-corrected chi connectivity index (χ1v) is 8.10. The Labute approximate surface area is 150 Å². The fraction of sp³-hybridized carbons (Fsp3) is 0.158. The highest BCUT2D eigenvalue weighted by atomic mass is 16.4. The molecule has 0 bridgehead atoms. The Hall–Kier alpha value is -3.48. The van der Waals surface area contributed by atoms with E-state index in [9.17, 15) is 9.59 Å². The molecule has 0 spiro atoms. The Morgan fingerprint density at radius 1 is 1.04 bits per heavy atom. The summed E-state index contributed by atoms with van der Waals surface area (Å²) in [6.07, 6.45) is 3.18. The highest BCUT2D eigenvalue weighted by molar-refractivity contribution is 5.91. The molecule has 0 atom stereocenters. The van der Waals surface area contributed by atoms with Gasteiger partial charge in [0.05, 0.1) is 18.5 Å². The second-order valence-electron chi connectivity index (χ2n) is 5.83. The van der Waals surface area contributed by atoms with Crippen molar-refractivity contribution in [1.29, 1.82) is 0 Å². The van der Waals surface area contributed by atoms with Crippen molar-refractivity contribution < 1.29 is 14.7 Å². The van der Waals surface area contributed by atoms with E-state index >= 15 is 0 Å². The predicted octanol–water partition coefficient (Wildman–Crippen LogP) is 1.88. The molecule has 7 nitrogen and oxygen atoms in total. The summed E-state index contributed by atoms with van der Waals surface area (Å²) in [6, 6.07) is 14.4. The molecule has 7 heteroatoms. The summed E-state index contributed by atoms with van der Waals surface area (Å²) < 4.78 is 1.73. The summed E-state index contributed by atoms with van der Waals surface area (Å²) >= 11 is 0. The minimum atomic E-state index is -1.03. The van der Waals surface area contributed by atoms with Crippen molar-refractivity contribution in [2.75, 3.05) is 0 Å². The van der Waals surface area contributed by atoms with Gasteiger partial charge in [0, 0.05) is 6.54 Å². The van der Waals surface area contributed by atoms with Crippen LogP contribution in [-0.2, 0) is 24.3 Å². The fourth-order valence-corrected chi connectivity index (χ4v) is 2.58. The largest absolute Gasteiger partial charge is 0.478 e. The Balaban J connectivity index is 1.54. The molecule has 1 heterocycles. The van der Waals surface area contributed by atoms with Gasteiger partial charge in [-0.1, -0.05) is 42.5 Å². The molecular weight excluding hydrogens is 332 g/mol. The Bertz CT molecular complexity index is 889. The molecule has 0 aliphatic heterocycles. The predicted molar refractivity (Wildman–Crippen MR) is 94.5 cm³/mol. The van der Waals surface area contributed by atoms with Gasteiger partial charge >= 0.3 is 5.97 Å². The molecule has 132 valence electrons. The van der Waals surface area contributed by atoms with Gasteiger partial charge in [0.1, 0.15) is 12.7 Å². The van der Waals surface area contributed by atoms with Gasteiger partial charge in [-0.05, 0) is 22.8 Å². The number of carboxylic acid groups (broad SMARTS) is 1. The van der Waals surface area contributed by atoms with Gasteiger partial charge in [-0.15, -0.1) is 0 Å². The van der Waals surface area contributed by atoms with E-state index in [1.165, 1.54) is 12.4 Å². The maximum atomic E-state index is 12.1. The zero-order valence-corrected chi connectivity index (χ0v) is 14.0. The summed E-state index contributed by atoms with van der Waals surface area (Å²) in [5.74, 6) is -1.25. The lowest BCUT2D eigenvalue weighted by Gasteiger charge is -2.08. The lowest BCUT2D eigenvalue weighted by atomic mass is 10.0. The number of aromatic carboxylic acids is 1. The highest BCUT2D eigenvalue weighted by Gasteiger charge is 2.12. The molecule has 0 unspecified atom stereocenters. The maximum Gasteiger partial charge on any atom is 0.335 e. The normalized spacial score (nSPS) is 10.5. The van der Waals surface area contributed by atoms with Crippen LogP contribution >= 0.6 is 0 Å². The molecule has 3 rings (SSSR count). The number of aromatic nitrogens is 3. The second-order valence-corrected chi connectivity index (χ2v) is 5.83. The van der Waals surface area contributed by atoms with E-state index < -0.39 is 5.97 Å². The molecule has 0 saturated carbocycles. The second kappa shape index (κ2) is 8.06. The van der Waals surface area contributed by atoms with Crippen molar-refractivity contribution in [2.24, 2.45) is 0 Å². The van der Waals surface area contributed by atoms with Gasteiger partial charge in [-0.25, -0.2) is 14.5 Å². The van der Waals surface area contributed by atoms with Crippen LogP contribution in [0.4, 0.5) is 0 Å². The van der Waals surface area contributed by atoms with Crippen LogP contribution in [0.15, 0.2) is 61.2 Å². The van der Waals surface area contributed by atoms with Crippen LogP contribution in [0.3, 0.4) is 0 Å². The number of hydrogen-bond donors (Lipinski definition) is 2. The third-order valence-corrected chi connectivity index (χ3v) is 3.92. The van der Waals surface area contributed by atoms with E-state index in [2.05, 4.69) is 15.4 Å². The number of carbonyl (C=O) groups is 2. The average Bonchev–Trinajstić information content (AvgIpc) is 3.14. The molecular formula is C19H18N4O3. The zero-order chi connectivity index (χ0) is 18.4. The van der Waals surface area contributed by atoms with Gasteiger partial charge in [0.15, 0.2) is 0 Å². The van der Waals surface area contributed by atoms with Crippen LogP contribution < -0.4 is 5.32 Å². The van der Waals surface area contributed by atoms with Crippen molar-refractivity contribution in [3.63, 3.8) is 0 Å². The van der Waals surface area contributed by atoms with Gasteiger partial charge in [0.2, 0.25) is 5.91 Å². The third kappa shape index (κ3) is 4.54. The van der Waals surface area contributed by atoms with E-state index in [0.717, 1.165) is 11.1 Å². The smallest absolute Gasteiger partial charge is 0.335 e. The van der Waals surface area contributed by atoms with E-state index in [0.29, 0.717) is 18.7 Å². The van der Waals surface area contributed by atoms with Crippen LogP contribution in [0.1, 0.15) is 27.0 Å². The van der Waals surface area contributed by atoms with Gasteiger partial charge < -0.3 is 10.4 Å². The number of rotatable bonds is 7. The van der Waals surface area contributed by atoms with Gasteiger partial charge in [-0.3, -0.25) is 4.79 Å². The van der Waals surface area contributed by atoms with E-state index in [-0.39, 0.29) is 17.9 Å². The number of carbonyl (C=O) groups excluding carboxylic acids is 1. The van der Waals surface area contributed by atoms with Crippen LogP contribution in [0.5, 0.6) is 0 Å².